The minimum atomic E-state index is -0.710. The summed E-state index contributed by atoms with van der Waals surface area (Å²) in [7, 11) is 15.1. The first-order valence-corrected chi connectivity index (χ1v) is 22.1. The molecule has 0 radical (unpaired) electrons. The molecule has 0 fully saturated rings. The lowest BCUT2D eigenvalue weighted by Gasteiger charge is -2.20. The molecular formula is C58H58O14. The van der Waals surface area contributed by atoms with Crippen molar-refractivity contribution in [1.29, 1.82) is 0 Å². The first kappa shape index (κ1) is 54.2. The van der Waals surface area contributed by atoms with Crippen LogP contribution in [0.3, 0.4) is 0 Å². The minimum absolute atomic E-state index is 0.203. The van der Waals surface area contributed by atoms with Crippen molar-refractivity contribution < 1.29 is 66.4 Å². The third-order valence-electron chi connectivity index (χ3n) is 10.2. The van der Waals surface area contributed by atoms with Crippen molar-refractivity contribution >= 4 is 11.9 Å². The largest absolute Gasteiger partial charge is 0.496 e. The maximum absolute atomic E-state index is 13.0. The van der Waals surface area contributed by atoms with Gasteiger partial charge in [-0.3, -0.25) is 0 Å². The van der Waals surface area contributed by atoms with Gasteiger partial charge in [0.05, 0.1) is 116 Å². The molecule has 0 saturated heterocycles. The van der Waals surface area contributed by atoms with Gasteiger partial charge in [-0.2, -0.15) is 0 Å². The van der Waals surface area contributed by atoms with E-state index < -0.39 is 23.1 Å². The van der Waals surface area contributed by atoms with E-state index in [9.17, 15) is 9.59 Å². The Hall–Kier alpha value is -8.72. The van der Waals surface area contributed by atoms with Crippen molar-refractivity contribution in [3.05, 3.63) is 116 Å². The molecule has 0 atom stereocenters. The van der Waals surface area contributed by atoms with Gasteiger partial charge in [-0.1, -0.05) is 47.4 Å². The lowest BCUT2D eigenvalue weighted by atomic mass is 10.0. The molecule has 0 N–H and O–H groups in total. The molecule has 14 heteroatoms. The van der Waals surface area contributed by atoms with Crippen LogP contribution in [0.25, 0.3) is 0 Å². The summed E-state index contributed by atoms with van der Waals surface area (Å²) >= 11 is 0. The zero-order valence-corrected chi connectivity index (χ0v) is 43.5. The molecule has 72 heavy (non-hydrogen) atoms. The second kappa shape index (κ2) is 23.7. The van der Waals surface area contributed by atoms with Gasteiger partial charge in [0.15, 0.2) is 0 Å². The van der Waals surface area contributed by atoms with E-state index in [0.29, 0.717) is 90.5 Å². The summed E-state index contributed by atoms with van der Waals surface area (Å²) in [5, 5.41) is 0. The van der Waals surface area contributed by atoms with Gasteiger partial charge in [0.2, 0.25) is 0 Å². The van der Waals surface area contributed by atoms with Crippen LogP contribution in [0.2, 0.25) is 0 Å². The number of hydrogen-bond acceptors (Lipinski definition) is 14. The Morgan fingerprint density at radius 3 is 0.583 bits per heavy atom. The Kier molecular flexibility index (Phi) is 17.9. The Morgan fingerprint density at radius 2 is 0.431 bits per heavy atom. The van der Waals surface area contributed by atoms with Gasteiger partial charge >= 0.3 is 11.9 Å². The zero-order chi connectivity index (χ0) is 52.9. The maximum Gasteiger partial charge on any atom is 0.342 e. The van der Waals surface area contributed by atoms with Crippen molar-refractivity contribution in [2.75, 3.05) is 71.1 Å². The monoisotopic (exact) mass is 978 g/mol. The Morgan fingerprint density at radius 1 is 0.278 bits per heavy atom. The molecule has 0 spiro atoms. The highest BCUT2D eigenvalue weighted by atomic mass is 16.6. The van der Waals surface area contributed by atoms with Gasteiger partial charge in [0, 0.05) is 48.5 Å². The zero-order valence-electron chi connectivity index (χ0n) is 43.5. The Balaban J connectivity index is 1.48. The van der Waals surface area contributed by atoms with Crippen LogP contribution in [-0.4, -0.2) is 94.2 Å². The first-order chi connectivity index (χ1) is 34.3. The number of rotatable bonds is 12. The molecule has 0 amide bonds. The summed E-state index contributed by atoms with van der Waals surface area (Å²) in [5.41, 5.74) is 2.95. The van der Waals surface area contributed by atoms with Crippen LogP contribution < -0.4 is 47.4 Å². The van der Waals surface area contributed by atoms with Crippen molar-refractivity contribution in [1.82, 2.24) is 0 Å². The lowest BCUT2D eigenvalue weighted by Crippen LogP contribution is -2.24. The van der Waals surface area contributed by atoms with Crippen molar-refractivity contribution in [3.63, 3.8) is 0 Å². The van der Waals surface area contributed by atoms with E-state index in [4.69, 9.17) is 56.8 Å². The predicted octanol–water partition coefficient (Wildman–Crippen LogP) is 9.28. The van der Waals surface area contributed by atoms with Crippen LogP contribution in [0.1, 0.15) is 107 Å². The normalized spacial score (nSPS) is 10.4. The smallest absolute Gasteiger partial charge is 0.342 e. The molecule has 0 aliphatic rings. The third kappa shape index (κ3) is 13.3. The van der Waals surface area contributed by atoms with Crippen LogP contribution >= 0.6 is 0 Å². The fraction of sp³-hybridized carbons (Fsp3) is 0.310. The van der Waals surface area contributed by atoms with E-state index >= 15 is 0 Å². The van der Waals surface area contributed by atoms with Crippen LogP contribution in [0, 0.1) is 47.4 Å². The molecule has 0 aliphatic heterocycles. The van der Waals surface area contributed by atoms with Crippen molar-refractivity contribution in [3.8, 4) is 105 Å². The first-order valence-electron chi connectivity index (χ1n) is 22.1. The standard InChI is InChI=1S/C58H58O14/c1-57(2,3)71-55(59)43-33-51(67-13)41(31-53(43)69-15)23-21-39-29-47(63-9)37(27-49(39)65-11)19-17-35-25-46(62-8)36(26-45(35)61-7)18-20-38-28-50(66-12)40(30-48(38)64-10)22-24-42-32-54(70-16)44(34-52(42)68-14)56(60)72-58(4,5)6/h25-34H,1-16H3. The lowest BCUT2D eigenvalue weighted by molar-refractivity contribution is 0.00534. The Bertz CT molecular complexity index is 2910. The van der Waals surface area contributed by atoms with Gasteiger partial charge < -0.3 is 56.8 Å². The van der Waals surface area contributed by atoms with Gasteiger partial charge in [0.25, 0.3) is 0 Å². The molecule has 0 aliphatic carbocycles. The van der Waals surface area contributed by atoms with Crippen LogP contribution in [0.4, 0.5) is 0 Å². The maximum atomic E-state index is 13.0. The van der Waals surface area contributed by atoms with Crippen LogP contribution in [0.15, 0.2) is 60.7 Å². The number of esters is 2. The molecule has 5 aromatic rings. The molecule has 374 valence electrons. The average Bonchev–Trinajstić information content (AvgIpc) is 3.36. The van der Waals surface area contributed by atoms with E-state index in [1.165, 1.54) is 83.2 Å². The second-order valence-electron chi connectivity index (χ2n) is 17.3. The van der Waals surface area contributed by atoms with Crippen molar-refractivity contribution in [2.45, 2.75) is 52.7 Å². The second-order valence-corrected chi connectivity index (χ2v) is 17.3. The fourth-order valence-electron chi connectivity index (χ4n) is 6.79. The van der Waals surface area contributed by atoms with Gasteiger partial charge in [-0.25, -0.2) is 9.59 Å². The summed E-state index contributed by atoms with van der Waals surface area (Å²) in [6.45, 7) is 10.7. The van der Waals surface area contributed by atoms with E-state index in [1.807, 2.05) is 0 Å². The highest BCUT2D eigenvalue weighted by Crippen LogP contribution is 2.35. The average molecular weight is 979 g/mol. The number of carbonyl (C=O) groups is 2. The predicted molar refractivity (Wildman–Crippen MR) is 272 cm³/mol. The number of carbonyl (C=O) groups excluding carboxylic acids is 2. The van der Waals surface area contributed by atoms with Gasteiger partial charge in [-0.15, -0.1) is 0 Å². The molecule has 0 bridgehead atoms. The third-order valence-corrected chi connectivity index (χ3v) is 10.2. The van der Waals surface area contributed by atoms with Crippen LogP contribution in [0.5, 0.6) is 57.5 Å². The topological polar surface area (TPSA) is 145 Å². The molecule has 0 unspecified atom stereocenters. The van der Waals surface area contributed by atoms with Gasteiger partial charge in [0.1, 0.15) is 79.8 Å². The summed E-state index contributed by atoms with van der Waals surface area (Å²) in [6, 6.07) is 16.7. The van der Waals surface area contributed by atoms with E-state index in [1.54, 1.807) is 90.1 Å². The van der Waals surface area contributed by atoms with Gasteiger partial charge in [-0.05, 0) is 53.7 Å². The molecule has 0 aromatic heterocycles. The number of methoxy groups -OCH3 is 10. The number of ether oxygens (including phenoxy) is 12. The number of hydrogen-bond donors (Lipinski definition) is 0. The molecule has 14 nitrogen and oxygen atoms in total. The number of benzene rings is 5. The highest BCUT2D eigenvalue weighted by Gasteiger charge is 2.25. The molecule has 5 rings (SSSR count). The van der Waals surface area contributed by atoms with Crippen LogP contribution in [-0.2, 0) is 9.47 Å². The molecule has 0 heterocycles. The summed E-state index contributed by atoms with van der Waals surface area (Å²) in [6.07, 6.45) is 0. The quantitative estimate of drug-likeness (QED) is 0.0865. The summed E-state index contributed by atoms with van der Waals surface area (Å²) in [5.74, 6) is 27.9. The molecule has 0 saturated carbocycles. The highest BCUT2D eigenvalue weighted by molar-refractivity contribution is 5.94. The summed E-state index contributed by atoms with van der Waals surface area (Å²) in [4.78, 5) is 25.9. The van der Waals surface area contributed by atoms with Crippen molar-refractivity contribution in [2.24, 2.45) is 0 Å². The SMILES string of the molecule is COc1cc(C#Cc2cc(OC)c(C#Cc3cc(OC)c(C(=O)OC(C)(C)C)cc3OC)cc2OC)c(OC)cc1C#Cc1cc(OC)c(C#Cc2cc(OC)c(C(=O)OC(C)(C)C)cc2OC)cc1OC. The van der Waals surface area contributed by atoms with E-state index in [2.05, 4.69) is 47.4 Å². The summed E-state index contributed by atoms with van der Waals surface area (Å²) < 4.78 is 67.9. The minimum Gasteiger partial charge on any atom is -0.496 e. The Labute approximate surface area is 422 Å². The molecular weight excluding hydrogens is 921 g/mol. The molecule has 5 aromatic carbocycles. The fourth-order valence-corrected chi connectivity index (χ4v) is 6.79. The van der Waals surface area contributed by atoms with E-state index in [0.717, 1.165) is 0 Å². The van der Waals surface area contributed by atoms with E-state index in [-0.39, 0.29) is 22.6 Å².